The average molecular weight is 405 g/mol. The molecule has 1 saturated carbocycles. The molecule has 3 unspecified atom stereocenters. The van der Waals surface area contributed by atoms with E-state index >= 15 is 0 Å². The minimum Gasteiger partial charge on any atom is -0.598 e. The highest BCUT2D eigenvalue weighted by Gasteiger charge is 2.45. The lowest BCUT2D eigenvalue weighted by atomic mass is 9.73. The zero-order valence-electron chi connectivity index (χ0n) is 17.9. The van der Waals surface area contributed by atoms with Crippen molar-refractivity contribution in [2.24, 2.45) is 11.8 Å². The predicted molar refractivity (Wildman–Crippen MR) is 106 cm³/mol. The molecule has 0 heterocycles. The number of esters is 1. The van der Waals surface area contributed by atoms with E-state index in [0.717, 1.165) is 19.3 Å². The maximum Gasteiger partial charge on any atom is 0.407 e. The molecule has 1 aliphatic carbocycles. The summed E-state index contributed by atoms with van der Waals surface area (Å²) in [5, 5.41) is 2.75. The molecule has 0 bridgehead atoms. The Kier molecular flexibility index (Phi) is 8.44. The topological polar surface area (TPSA) is 99.7 Å². The summed E-state index contributed by atoms with van der Waals surface area (Å²) in [6.07, 6.45) is 2.39. The smallest absolute Gasteiger partial charge is 0.407 e. The van der Waals surface area contributed by atoms with Gasteiger partial charge in [-0.05, 0) is 67.2 Å². The van der Waals surface area contributed by atoms with Crippen molar-refractivity contribution in [1.29, 1.82) is 0 Å². The second-order valence-electron chi connectivity index (χ2n) is 9.20. The van der Waals surface area contributed by atoms with Gasteiger partial charge in [-0.3, -0.25) is 4.79 Å². The third-order valence-corrected chi connectivity index (χ3v) is 6.20. The highest BCUT2D eigenvalue weighted by atomic mass is 32.2. The fourth-order valence-corrected chi connectivity index (χ4v) is 3.88. The van der Waals surface area contributed by atoms with Gasteiger partial charge in [-0.15, -0.1) is 4.72 Å². The van der Waals surface area contributed by atoms with Crippen LogP contribution in [0.1, 0.15) is 67.7 Å². The molecule has 1 amide bonds. The first-order chi connectivity index (χ1) is 12.3. The van der Waals surface area contributed by atoms with E-state index in [1.807, 2.05) is 20.8 Å². The molecule has 0 radical (unpaired) electrons. The van der Waals surface area contributed by atoms with Crippen LogP contribution < -0.4 is 10.0 Å². The Hall–Kier alpha value is -0.990. The molecule has 158 valence electrons. The van der Waals surface area contributed by atoms with Crippen LogP contribution in [0, 0.1) is 11.8 Å². The highest BCUT2D eigenvalue weighted by Crippen LogP contribution is 2.35. The van der Waals surface area contributed by atoms with E-state index in [4.69, 9.17) is 9.47 Å². The van der Waals surface area contributed by atoms with Crippen molar-refractivity contribution in [2.45, 2.75) is 90.2 Å². The van der Waals surface area contributed by atoms with Crippen LogP contribution >= 0.6 is 0 Å². The molecule has 0 aromatic carbocycles. The Morgan fingerprint density at radius 1 is 1.15 bits per heavy atom. The van der Waals surface area contributed by atoms with Crippen LogP contribution in [-0.2, 0) is 25.6 Å². The zero-order valence-corrected chi connectivity index (χ0v) is 18.7. The first-order valence-electron chi connectivity index (χ1n) is 9.51. The van der Waals surface area contributed by atoms with Crippen molar-refractivity contribution in [3.8, 4) is 0 Å². The predicted octanol–water partition coefficient (Wildman–Crippen LogP) is 2.91. The fraction of sp³-hybridized carbons (Fsp3) is 0.895. The van der Waals surface area contributed by atoms with Gasteiger partial charge < -0.3 is 19.3 Å². The van der Waals surface area contributed by atoms with Gasteiger partial charge in [0.2, 0.25) is 0 Å². The number of rotatable bonds is 7. The monoisotopic (exact) mass is 404 g/mol. The summed E-state index contributed by atoms with van der Waals surface area (Å²) in [6.45, 7) is 12.7. The summed E-state index contributed by atoms with van der Waals surface area (Å²) in [5.41, 5.74) is -0.635. The number of alkyl carbamates (subject to hydrolysis) is 1. The zero-order chi connectivity index (χ0) is 21.0. The number of methoxy groups -OCH3 is 1. The average Bonchev–Trinajstić information content (AvgIpc) is 2.41. The molecular formula is C19H36N2O5S. The molecule has 2 N–H and O–H groups in total. The molecule has 1 rings (SSSR count). The number of carbonyl (C=O) groups excluding carboxylic acids is 2. The first-order valence-corrected chi connectivity index (χ1v) is 10.7. The number of ether oxygens (including phenoxy) is 2. The second kappa shape index (κ2) is 9.47. The Labute approximate surface area is 166 Å². The third-order valence-electron chi connectivity index (χ3n) is 4.60. The van der Waals surface area contributed by atoms with E-state index in [-0.39, 0.29) is 12.0 Å². The van der Waals surface area contributed by atoms with Crippen molar-refractivity contribution in [3.05, 3.63) is 0 Å². The summed E-state index contributed by atoms with van der Waals surface area (Å²) in [4.78, 5) is 24.8. The van der Waals surface area contributed by atoms with Crippen LogP contribution in [0.2, 0.25) is 0 Å². The summed E-state index contributed by atoms with van der Waals surface area (Å²) >= 11 is -1.34. The van der Waals surface area contributed by atoms with Crippen molar-refractivity contribution < 1.29 is 23.6 Å². The van der Waals surface area contributed by atoms with Gasteiger partial charge in [-0.1, -0.05) is 6.42 Å². The minimum atomic E-state index is -1.34. The quantitative estimate of drug-likeness (QED) is 0.500. The number of carbonyl (C=O) groups is 2. The highest BCUT2D eigenvalue weighted by molar-refractivity contribution is 7.90. The van der Waals surface area contributed by atoms with Crippen LogP contribution in [0.3, 0.4) is 0 Å². The second-order valence-corrected chi connectivity index (χ2v) is 11.2. The number of amides is 1. The van der Waals surface area contributed by atoms with Crippen molar-refractivity contribution >= 4 is 23.4 Å². The number of nitrogens with one attached hydrogen (secondary N) is 2. The molecule has 0 aromatic heterocycles. The molecule has 4 atom stereocenters. The summed E-state index contributed by atoms with van der Waals surface area (Å²) in [5.74, 6) is -0.892. The number of hydrogen-bond donors (Lipinski definition) is 2. The Bertz CT molecular complexity index is 511. The van der Waals surface area contributed by atoms with Gasteiger partial charge >= 0.3 is 12.1 Å². The van der Waals surface area contributed by atoms with E-state index in [1.165, 1.54) is 7.11 Å². The molecule has 0 aromatic rings. The van der Waals surface area contributed by atoms with E-state index in [1.54, 1.807) is 27.7 Å². The standard InChI is InChI=1S/C19H36N2O5S/c1-12(20-17(23)26-18(2,3)4)14(16(22)25-8)15(13-10-9-11-13)21-27(24)19(5,6)7/h12-15,21H,9-11H2,1-8H3,(H,20,23)/t12-,14?,15?,27?/m1/s1. The van der Waals surface area contributed by atoms with Gasteiger partial charge in [0.1, 0.15) is 10.3 Å². The molecule has 27 heavy (non-hydrogen) atoms. The van der Waals surface area contributed by atoms with Crippen LogP contribution in [0.4, 0.5) is 4.79 Å². The van der Waals surface area contributed by atoms with Gasteiger partial charge in [0.15, 0.2) is 0 Å². The lowest BCUT2D eigenvalue weighted by Gasteiger charge is -2.41. The molecule has 0 spiro atoms. The Morgan fingerprint density at radius 3 is 2.07 bits per heavy atom. The molecular weight excluding hydrogens is 368 g/mol. The minimum absolute atomic E-state index is 0.211. The first kappa shape index (κ1) is 24.0. The third kappa shape index (κ3) is 7.50. The van der Waals surface area contributed by atoms with Crippen molar-refractivity contribution in [2.75, 3.05) is 7.11 Å². The summed E-state index contributed by atoms with van der Waals surface area (Å²) < 4.78 is 25.7. The lowest BCUT2D eigenvalue weighted by molar-refractivity contribution is -0.148. The van der Waals surface area contributed by atoms with E-state index in [9.17, 15) is 14.1 Å². The summed E-state index contributed by atoms with van der Waals surface area (Å²) in [7, 11) is 1.33. The van der Waals surface area contributed by atoms with Gasteiger partial charge in [0, 0.05) is 17.4 Å². The van der Waals surface area contributed by atoms with Gasteiger partial charge in [-0.25, -0.2) is 4.79 Å². The fourth-order valence-electron chi connectivity index (χ4n) is 2.94. The van der Waals surface area contributed by atoms with E-state index in [0.29, 0.717) is 0 Å². The number of hydrogen-bond acceptors (Lipinski definition) is 6. The van der Waals surface area contributed by atoms with E-state index < -0.39 is 45.7 Å². The normalized spacial score (nSPS) is 20.0. The van der Waals surface area contributed by atoms with Crippen LogP contribution in [0.15, 0.2) is 0 Å². The largest absolute Gasteiger partial charge is 0.598 e. The van der Waals surface area contributed by atoms with Gasteiger partial charge in [0.25, 0.3) is 0 Å². The van der Waals surface area contributed by atoms with Crippen molar-refractivity contribution in [1.82, 2.24) is 10.0 Å². The van der Waals surface area contributed by atoms with Crippen molar-refractivity contribution in [3.63, 3.8) is 0 Å². The maximum atomic E-state index is 12.7. The molecule has 1 fully saturated rings. The molecule has 0 saturated heterocycles. The maximum absolute atomic E-state index is 12.7. The van der Waals surface area contributed by atoms with Crippen LogP contribution in [0.5, 0.6) is 0 Å². The SMILES string of the molecule is COC(=O)C(C(N[S+]([O-])C(C)(C)C)C1CCC1)[C@@H](C)NC(=O)OC(C)(C)C. The van der Waals surface area contributed by atoms with Gasteiger partial charge in [0.05, 0.1) is 19.1 Å². The van der Waals surface area contributed by atoms with Crippen LogP contribution in [0.25, 0.3) is 0 Å². The molecule has 0 aliphatic heterocycles. The lowest BCUT2D eigenvalue weighted by Crippen LogP contribution is -2.58. The van der Waals surface area contributed by atoms with Crippen LogP contribution in [-0.4, -0.2) is 46.2 Å². The Morgan fingerprint density at radius 2 is 1.70 bits per heavy atom. The Balaban J connectivity index is 3.01. The van der Waals surface area contributed by atoms with Gasteiger partial charge in [-0.2, -0.15) is 0 Å². The summed E-state index contributed by atoms with van der Waals surface area (Å²) in [6, 6.07) is -0.890. The molecule has 1 aliphatic rings. The van der Waals surface area contributed by atoms with E-state index in [2.05, 4.69) is 10.0 Å². The molecule has 8 heteroatoms. The molecule has 7 nitrogen and oxygen atoms in total.